The van der Waals surface area contributed by atoms with Gasteiger partial charge in [0.15, 0.2) is 5.82 Å². The number of rotatable bonds is 5. The summed E-state index contributed by atoms with van der Waals surface area (Å²) in [7, 11) is 0. The Bertz CT molecular complexity index is 1580. The van der Waals surface area contributed by atoms with E-state index in [1.54, 1.807) is 4.90 Å². The van der Waals surface area contributed by atoms with Crippen LogP contribution in [-0.2, 0) is 11.0 Å². The molecule has 3 aromatic rings. The van der Waals surface area contributed by atoms with Crippen LogP contribution in [0.5, 0.6) is 6.01 Å². The number of alkyl halides is 3. The highest BCUT2D eigenvalue weighted by Gasteiger charge is 2.39. The lowest BCUT2D eigenvalue weighted by molar-refractivity contribution is -0.137. The van der Waals surface area contributed by atoms with Gasteiger partial charge in [0, 0.05) is 56.5 Å². The van der Waals surface area contributed by atoms with Gasteiger partial charge in [-0.15, -0.1) is 0 Å². The molecule has 14 heteroatoms. The van der Waals surface area contributed by atoms with Gasteiger partial charge in [-0.3, -0.25) is 4.79 Å². The van der Waals surface area contributed by atoms with E-state index in [-0.39, 0.29) is 63.8 Å². The number of anilines is 2. The van der Waals surface area contributed by atoms with Crippen LogP contribution in [0.2, 0.25) is 5.02 Å². The molecule has 5 heterocycles. The number of amides is 1. The largest absolute Gasteiger partial charge is 0.463 e. The Hall–Kier alpha value is -3.45. The number of piperazine rings is 1. The second kappa shape index (κ2) is 11.2. The van der Waals surface area contributed by atoms with Crippen molar-refractivity contribution in [3.05, 3.63) is 34.1 Å². The van der Waals surface area contributed by atoms with Gasteiger partial charge in [0.05, 0.1) is 28.5 Å². The van der Waals surface area contributed by atoms with E-state index in [0.29, 0.717) is 32.0 Å². The second-order valence-electron chi connectivity index (χ2n) is 11.7. The van der Waals surface area contributed by atoms with Gasteiger partial charge in [-0.2, -0.15) is 23.1 Å². The molecule has 1 aromatic carbocycles. The molecule has 6 rings (SSSR count). The Labute approximate surface area is 250 Å². The number of carbonyl (C=O) groups is 1. The SMILES string of the molecule is CC(=O)N1CCCC(COc2nc(N3CC4CCC(C3)N4)c3cc(Cl)c(-c4nc(N)cc(C)c4C(F)(F)F)c(F)c3n2)C1. The van der Waals surface area contributed by atoms with Crippen LogP contribution in [0, 0.1) is 18.7 Å². The fraction of sp³-hybridized carbons (Fsp3) is 0.517. The molecule has 0 radical (unpaired) electrons. The molecule has 3 fully saturated rings. The van der Waals surface area contributed by atoms with Crippen LogP contribution < -0.4 is 20.7 Å². The van der Waals surface area contributed by atoms with Gasteiger partial charge < -0.3 is 25.6 Å². The van der Waals surface area contributed by atoms with Crippen molar-refractivity contribution in [2.45, 2.75) is 57.8 Å². The normalized spacial score (nSPS) is 22.3. The van der Waals surface area contributed by atoms with E-state index >= 15 is 4.39 Å². The Balaban J connectivity index is 1.47. The minimum atomic E-state index is -4.84. The Morgan fingerprint density at radius 3 is 2.53 bits per heavy atom. The summed E-state index contributed by atoms with van der Waals surface area (Å²) in [6.45, 7) is 5.36. The maximum atomic E-state index is 16.5. The molecule has 0 spiro atoms. The molecule has 3 aliphatic heterocycles. The number of nitrogens with zero attached hydrogens (tertiary/aromatic N) is 5. The quantitative estimate of drug-likeness (QED) is 0.385. The van der Waals surface area contributed by atoms with Gasteiger partial charge in [0.1, 0.15) is 17.2 Å². The molecule has 3 atom stereocenters. The third-order valence-corrected chi connectivity index (χ3v) is 8.83. The number of hydrogen-bond acceptors (Lipinski definition) is 8. The standard InChI is InChI=1S/C29H32ClF4N7O2/c1-14-8-21(35)37-26(23(14)29(32,33)34)22-20(30)9-19-25(24(22)31)38-28(43-13-16-4-3-7-40(10-16)15(2)42)39-27(19)41-11-17-5-6-18(12-41)36-17/h8-9,16-18,36H,3-7,10-13H2,1-2H3,(H2,35,37). The molecule has 230 valence electrons. The number of halogens is 5. The molecular weight excluding hydrogens is 590 g/mol. The first kappa shape index (κ1) is 29.6. The highest BCUT2D eigenvalue weighted by atomic mass is 35.5. The fourth-order valence-electron chi connectivity index (χ4n) is 6.57. The van der Waals surface area contributed by atoms with Crippen LogP contribution in [0.15, 0.2) is 12.1 Å². The first-order chi connectivity index (χ1) is 20.4. The second-order valence-corrected chi connectivity index (χ2v) is 12.1. The molecule has 2 bridgehead atoms. The summed E-state index contributed by atoms with van der Waals surface area (Å²) in [4.78, 5) is 28.6. The number of pyridine rings is 1. The zero-order valence-corrected chi connectivity index (χ0v) is 24.5. The number of carbonyl (C=O) groups excluding carboxylic acids is 1. The van der Waals surface area contributed by atoms with Crippen LogP contribution in [0.25, 0.3) is 22.2 Å². The lowest BCUT2D eigenvalue weighted by Gasteiger charge is -2.34. The van der Waals surface area contributed by atoms with Crippen molar-refractivity contribution in [2.24, 2.45) is 5.92 Å². The number of benzene rings is 1. The molecule has 3 N–H and O–H groups in total. The van der Waals surface area contributed by atoms with Gasteiger partial charge in [-0.25, -0.2) is 9.37 Å². The van der Waals surface area contributed by atoms with Crippen LogP contribution in [-0.4, -0.2) is 70.6 Å². The lowest BCUT2D eigenvalue weighted by Crippen LogP contribution is -2.51. The maximum absolute atomic E-state index is 16.5. The summed E-state index contributed by atoms with van der Waals surface area (Å²) in [5.74, 6) is -0.871. The Morgan fingerprint density at radius 2 is 1.86 bits per heavy atom. The molecular formula is C29H32ClF4N7O2. The predicted octanol–water partition coefficient (Wildman–Crippen LogP) is 4.97. The monoisotopic (exact) mass is 621 g/mol. The highest BCUT2D eigenvalue weighted by molar-refractivity contribution is 6.34. The number of fused-ring (bicyclic) bond motifs is 3. The summed E-state index contributed by atoms with van der Waals surface area (Å²) in [5.41, 5.74) is 3.00. The van der Waals surface area contributed by atoms with E-state index in [9.17, 15) is 18.0 Å². The number of likely N-dealkylation sites (tertiary alicyclic amines) is 1. The molecule has 43 heavy (non-hydrogen) atoms. The van der Waals surface area contributed by atoms with Gasteiger partial charge in [0.2, 0.25) is 5.91 Å². The van der Waals surface area contributed by atoms with Crippen molar-refractivity contribution in [3.8, 4) is 17.3 Å². The summed E-state index contributed by atoms with van der Waals surface area (Å²) in [6.07, 6.45) is -1.21. The van der Waals surface area contributed by atoms with Crippen molar-refractivity contribution in [1.29, 1.82) is 0 Å². The minimum absolute atomic E-state index is 0.0163. The van der Waals surface area contributed by atoms with E-state index in [4.69, 9.17) is 22.1 Å². The summed E-state index contributed by atoms with van der Waals surface area (Å²) in [6, 6.07) is 2.82. The van der Waals surface area contributed by atoms with Crippen molar-refractivity contribution in [1.82, 2.24) is 25.2 Å². The van der Waals surface area contributed by atoms with Crippen molar-refractivity contribution >= 4 is 40.0 Å². The zero-order valence-electron chi connectivity index (χ0n) is 23.8. The molecule has 3 aliphatic rings. The van der Waals surface area contributed by atoms with Gasteiger partial charge in [-0.05, 0) is 50.3 Å². The van der Waals surface area contributed by atoms with Gasteiger partial charge >= 0.3 is 12.2 Å². The number of nitrogens with one attached hydrogen (secondary N) is 1. The van der Waals surface area contributed by atoms with Gasteiger partial charge in [0.25, 0.3) is 0 Å². The third-order valence-electron chi connectivity index (χ3n) is 8.53. The number of nitrogens with two attached hydrogens (primary N) is 1. The molecule has 0 aliphatic carbocycles. The summed E-state index contributed by atoms with van der Waals surface area (Å²) < 4.78 is 65.1. The molecule has 2 aromatic heterocycles. The summed E-state index contributed by atoms with van der Waals surface area (Å²) in [5, 5.41) is 3.53. The minimum Gasteiger partial charge on any atom is -0.463 e. The van der Waals surface area contributed by atoms with Gasteiger partial charge in [-0.1, -0.05) is 11.6 Å². The summed E-state index contributed by atoms with van der Waals surface area (Å²) >= 11 is 6.55. The van der Waals surface area contributed by atoms with Crippen molar-refractivity contribution in [3.63, 3.8) is 0 Å². The van der Waals surface area contributed by atoms with Crippen LogP contribution in [0.1, 0.15) is 43.7 Å². The smallest absolute Gasteiger partial charge is 0.418 e. The number of aryl methyl sites for hydroxylation is 1. The fourth-order valence-corrected chi connectivity index (χ4v) is 6.85. The van der Waals surface area contributed by atoms with E-state index in [0.717, 1.165) is 31.7 Å². The highest BCUT2D eigenvalue weighted by Crippen LogP contribution is 2.45. The predicted molar refractivity (Wildman–Crippen MR) is 155 cm³/mol. The van der Waals surface area contributed by atoms with E-state index in [1.807, 2.05) is 4.90 Å². The average molecular weight is 622 g/mol. The Kier molecular flexibility index (Phi) is 7.74. The molecule has 9 nitrogen and oxygen atoms in total. The van der Waals surface area contributed by atoms with Crippen LogP contribution in [0.4, 0.5) is 29.2 Å². The van der Waals surface area contributed by atoms with E-state index in [2.05, 4.69) is 20.3 Å². The molecule has 3 saturated heterocycles. The first-order valence-electron chi connectivity index (χ1n) is 14.3. The lowest BCUT2D eigenvalue weighted by atomic mass is 9.99. The number of aromatic nitrogens is 3. The first-order valence-corrected chi connectivity index (χ1v) is 14.7. The van der Waals surface area contributed by atoms with E-state index in [1.165, 1.54) is 19.9 Å². The zero-order chi connectivity index (χ0) is 30.6. The number of piperidine rings is 1. The maximum Gasteiger partial charge on any atom is 0.418 e. The van der Waals surface area contributed by atoms with E-state index < -0.39 is 28.8 Å². The number of ether oxygens (including phenoxy) is 1. The third kappa shape index (κ3) is 5.76. The van der Waals surface area contributed by atoms with Crippen LogP contribution >= 0.6 is 11.6 Å². The molecule has 3 unspecified atom stereocenters. The van der Waals surface area contributed by atoms with Crippen molar-refractivity contribution < 1.29 is 27.1 Å². The number of hydrogen-bond donors (Lipinski definition) is 2. The molecule has 0 saturated carbocycles. The van der Waals surface area contributed by atoms with Crippen LogP contribution in [0.3, 0.4) is 0 Å². The topological polar surface area (TPSA) is 110 Å². The Morgan fingerprint density at radius 1 is 1.14 bits per heavy atom. The number of nitrogen functional groups attached to an aromatic ring is 1. The molecule has 1 amide bonds. The average Bonchev–Trinajstić information content (AvgIpc) is 3.27. The van der Waals surface area contributed by atoms with Crippen molar-refractivity contribution in [2.75, 3.05) is 43.4 Å².